The number of rotatable bonds is 4. The number of carbonyl (C=O) groups is 1. The predicted molar refractivity (Wildman–Crippen MR) is 103 cm³/mol. The van der Waals surface area contributed by atoms with E-state index < -0.39 is 0 Å². The lowest BCUT2D eigenvalue weighted by Crippen LogP contribution is -2.26. The molecule has 2 N–H and O–H groups in total. The summed E-state index contributed by atoms with van der Waals surface area (Å²) >= 11 is 13.3. The van der Waals surface area contributed by atoms with Gasteiger partial charge in [-0.05, 0) is 36.2 Å². The van der Waals surface area contributed by atoms with Crippen LogP contribution in [-0.4, -0.2) is 27.6 Å². The van der Waals surface area contributed by atoms with Crippen molar-refractivity contribution in [3.05, 3.63) is 63.6 Å². The van der Waals surface area contributed by atoms with Gasteiger partial charge in [0.25, 0.3) is 0 Å². The number of phenolic OH excluding ortho intramolecular Hbond substituents is 1. The Balaban J connectivity index is 1.66. The lowest BCUT2D eigenvalue weighted by Gasteiger charge is -2.07. The molecule has 1 atom stereocenters. The summed E-state index contributed by atoms with van der Waals surface area (Å²) in [7, 11) is 0. The highest BCUT2D eigenvalue weighted by molar-refractivity contribution is 8.15. The zero-order valence-corrected chi connectivity index (χ0v) is 15.1. The number of benzene rings is 2. The molecule has 25 heavy (non-hydrogen) atoms. The maximum Gasteiger partial charge on any atom is 0.239 e. The van der Waals surface area contributed by atoms with Gasteiger partial charge < -0.3 is 10.4 Å². The van der Waals surface area contributed by atoms with Crippen molar-refractivity contribution in [1.82, 2.24) is 5.32 Å². The number of aromatic hydroxyl groups is 1. The SMILES string of the molecule is O=C1N/C(=N/N=C/c2ccccc2O)SC1Cc1ccc(Cl)cc1Cl. The van der Waals surface area contributed by atoms with Crippen LogP contribution in [0.1, 0.15) is 11.1 Å². The van der Waals surface area contributed by atoms with E-state index in [0.717, 1.165) is 5.56 Å². The van der Waals surface area contributed by atoms with Crippen molar-refractivity contribution in [1.29, 1.82) is 0 Å². The van der Waals surface area contributed by atoms with Crippen LogP contribution in [0.4, 0.5) is 0 Å². The molecule has 8 heteroatoms. The van der Waals surface area contributed by atoms with Gasteiger partial charge in [0.05, 0.1) is 11.5 Å². The van der Waals surface area contributed by atoms with Crippen LogP contribution in [-0.2, 0) is 11.2 Å². The first-order valence-electron chi connectivity index (χ1n) is 7.33. The van der Waals surface area contributed by atoms with Gasteiger partial charge in [-0.25, -0.2) is 0 Å². The van der Waals surface area contributed by atoms with Crippen LogP contribution in [0.25, 0.3) is 0 Å². The molecule has 128 valence electrons. The molecular weight excluding hydrogens is 381 g/mol. The molecule has 0 aliphatic carbocycles. The molecule has 0 bridgehead atoms. The Hall–Kier alpha value is -2.02. The minimum absolute atomic E-state index is 0.116. The molecule has 5 nitrogen and oxygen atoms in total. The number of hydrogen-bond acceptors (Lipinski definition) is 5. The zero-order chi connectivity index (χ0) is 17.8. The largest absolute Gasteiger partial charge is 0.507 e. The van der Waals surface area contributed by atoms with E-state index in [1.807, 2.05) is 6.07 Å². The van der Waals surface area contributed by atoms with Gasteiger partial charge in [-0.1, -0.05) is 53.2 Å². The molecule has 1 heterocycles. The second-order valence-corrected chi connectivity index (χ2v) is 7.28. The third kappa shape index (κ3) is 4.54. The number of hydrogen-bond donors (Lipinski definition) is 2. The van der Waals surface area contributed by atoms with Crippen LogP contribution < -0.4 is 5.32 Å². The van der Waals surface area contributed by atoms with Crippen molar-refractivity contribution < 1.29 is 9.90 Å². The number of amidine groups is 1. The minimum atomic E-state index is -0.335. The van der Waals surface area contributed by atoms with Crippen molar-refractivity contribution in [3.63, 3.8) is 0 Å². The van der Waals surface area contributed by atoms with Crippen LogP contribution in [0.5, 0.6) is 5.75 Å². The van der Waals surface area contributed by atoms with E-state index in [4.69, 9.17) is 23.2 Å². The summed E-state index contributed by atoms with van der Waals surface area (Å²) in [5.74, 6) is -0.0302. The molecule has 0 spiro atoms. The van der Waals surface area contributed by atoms with E-state index in [-0.39, 0.29) is 16.9 Å². The predicted octanol–water partition coefficient (Wildman–Crippen LogP) is 3.86. The van der Waals surface area contributed by atoms with Gasteiger partial charge in [-0.15, -0.1) is 5.10 Å². The molecule has 1 fully saturated rings. The van der Waals surface area contributed by atoms with Gasteiger partial charge in [-0.2, -0.15) is 5.10 Å². The second kappa shape index (κ2) is 7.91. The highest BCUT2D eigenvalue weighted by Crippen LogP contribution is 2.28. The average molecular weight is 394 g/mol. The fraction of sp³-hybridized carbons (Fsp3) is 0.118. The molecular formula is C17H13Cl2N3O2S. The molecule has 0 radical (unpaired) electrons. The molecule has 1 amide bonds. The highest BCUT2D eigenvalue weighted by Gasteiger charge is 2.30. The van der Waals surface area contributed by atoms with Crippen LogP contribution in [0, 0.1) is 0 Å². The summed E-state index contributed by atoms with van der Waals surface area (Å²) in [4.78, 5) is 12.1. The summed E-state index contributed by atoms with van der Waals surface area (Å²) in [6.45, 7) is 0. The summed E-state index contributed by atoms with van der Waals surface area (Å²) in [6, 6.07) is 12.0. The molecule has 2 aromatic rings. The molecule has 0 aromatic heterocycles. The number of nitrogens with zero attached hydrogens (tertiary/aromatic N) is 2. The number of thioether (sulfide) groups is 1. The molecule has 3 rings (SSSR count). The lowest BCUT2D eigenvalue weighted by molar-refractivity contribution is -0.118. The van der Waals surface area contributed by atoms with Gasteiger partial charge in [-0.3, -0.25) is 4.79 Å². The maximum absolute atomic E-state index is 12.1. The smallest absolute Gasteiger partial charge is 0.239 e. The quantitative estimate of drug-likeness (QED) is 0.611. The maximum atomic E-state index is 12.1. The number of halogens is 2. The van der Waals surface area contributed by atoms with E-state index in [1.54, 1.807) is 36.4 Å². The first-order valence-corrected chi connectivity index (χ1v) is 8.97. The first-order chi connectivity index (χ1) is 12.0. The molecule has 0 saturated carbocycles. The van der Waals surface area contributed by atoms with E-state index >= 15 is 0 Å². The van der Waals surface area contributed by atoms with E-state index in [1.165, 1.54) is 18.0 Å². The van der Waals surface area contributed by atoms with E-state index in [9.17, 15) is 9.90 Å². The van der Waals surface area contributed by atoms with Crippen molar-refractivity contribution in [2.24, 2.45) is 10.2 Å². The fourth-order valence-electron chi connectivity index (χ4n) is 2.21. The number of para-hydroxylation sites is 1. The lowest BCUT2D eigenvalue weighted by atomic mass is 10.1. The van der Waals surface area contributed by atoms with Gasteiger partial charge in [0.1, 0.15) is 5.75 Å². The molecule has 2 aromatic carbocycles. The van der Waals surface area contributed by atoms with Crippen LogP contribution in [0.3, 0.4) is 0 Å². The topological polar surface area (TPSA) is 74.0 Å². The number of carbonyl (C=O) groups excluding carboxylic acids is 1. The Labute approximate surface area is 158 Å². The Morgan fingerprint density at radius 1 is 1.24 bits per heavy atom. The van der Waals surface area contributed by atoms with Gasteiger partial charge in [0.15, 0.2) is 5.17 Å². The molecule has 1 aliphatic rings. The second-order valence-electron chi connectivity index (χ2n) is 5.24. The van der Waals surface area contributed by atoms with Gasteiger partial charge in [0, 0.05) is 15.6 Å². The Kier molecular flexibility index (Phi) is 5.63. The third-order valence-electron chi connectivity index (χ3n) is 3.48. The van der Waals surface area contributed by atoms with E-state index in [2.05, 4.69) is 15.5 Å². The molecule has 1 unspecified atom stereocenters. The first kappa shape index (κ1) is 17.8. The number of nitrogens with one attached hydrogen (secondary N) is 1. The van der Waals surface area contributed by atoms with Crippen molar-refractivity contribution in [3.8, 4) is 5.75 Å². The van der Waals surface area contributed by atoms with Crippen LogP contribution >= 0.6 is 35.0 Å². The summed E-state index contributed by atoms with van der Waals surface area (Å²) in [5, 5.41) is 21.4. The van der Waals surface area contributed by atoms with Crippen molar-refractivity contribution >= 4 is 52.3 Å². The Morgan fingerprint density at radius 2 is 2.04 bits per heavy atom. The van der Waals surface area contributed by atoms with Crippen molar-refractivity contribution in [2.75, 3.05) is 0 Å². The molecule has 1 aliphatic heterocycles. The Bertz CT molecular complexity index is 871. The standard InChI is InChI=1S/C17H13Cl2N3O2S/c18-12-6-5-10(13(19)8-12)7-15-16(24)21-17(25-15)22-20-9-11-3-1-2-4-14(11)23/h1-6,8-9,15,23H,7H2,(H,21,22,24)/b20-9+. The third-order valence-corrected chi connectivity index (χ3v) is 5.14. The minimum Gasteiger partial charge on any atom is -0.507 e. The van der Waals surface area contributed by atoms with Gasteiger partial charge in [0.2, 0.25) is 5.91 Å². The van der Waals surface area contributed by atoms with Crippen molar-refractivity contribution in [2.45, 2.75) is 11.7 Å². The summed E-state index contributed by atoms with van der Waals surface area (Å²) in [6.07, 6.45) is 1.90. The van der Waals surface area contributed by atoms with Crippen LogP contribution in [0.15, 0.2) is 52.7 Å². The molecule has 1 saturated heterocycles. The van der Waals surface area contributed by atoms with Gasteiger partial charge >= 0.3 is 0 Å². The summed E-state index contributed by atoms with van der Waals surface area (Å²) in [5.41, 5.74) is 1.39. The monoisotopic (exact) mass is 393 g/mol. The number of phenols is 1. The Morgan fingerprint density at radius 3 is 2.80 bits per heavy atom. The number of amides is 1. The normalized spacial score (nSPS) is 18.9. The summed E-state index contributed by atoms with van der Waals surface area (Å²) < 4.78 is 0. The highest BCUT2D eigenvalue weighted by atomic mass is 35.5. The fourth-order valence-corrected chi connectivity index (χ4v) is 3.65. The average Bonchev–Trinajstić information content (AvgIpc) is 2.92. The van der Waals surface area contributed by atoms with E-state index in [0.29, 0.717) is 27.2 Å². The zero-order valence-electron chi connectivity index (χ0n) is 12.8. The van der Waals surface area contributed by atoms with Crippen LogP contribution in [0.2, 0.25) is 10.0 Å².